The highest BCUT2D eigenvalue weighted by Crippen LogP contribution is 2.22. The Morgan fingerprint density at radius 1 is 1.35 bits per heavy atom. The SMILES string of the molecule is CCCCC(=O)C1CCN1Cc1ccccc1. The molecule has 0 spiro atoms. The fraction of sp³-hybridized carbons (Fsp3) is 0.533. The molecule has 1 saturated heterocycles. The average Bonchev–Trinajstić information content (AvgIpc) is 2.33. The molecule has 1 fully saturated rings. The van der Waals surface area contributed by atoms with Crippen LogP contribution in [0, 0.1) is 0 Å². The van der Waals surface area contributed by atoms with Gasteiger partial charge in [0.05, 0.1) is 6.04 Å². The molecular formula is C15H21NO. The molecule has 1 aliphatic heterocycles. The molecule has 0 aliphatic carbocycles. The highest BCUT2D eigenvalue weighted by atomic mass is 16.1. The first kappa shape index (κ1) is 12.3. The number of carbonyl (C=O) groups is 1. The first-order valence-electron chi connectivity index (χ1n) is 6.62. The Kier molecular flexibility index (Phi) is 4.32. The van der Waals surface area contributed by atoms with Crippen molar-refractivity contribution >= 4 is 5.78 Å². The van der Waals surface area contributed by atoms with E-state index >= 15 is 0 Å². The van der Waals surface area contributed by atoms with E-state index in [0.29, 0.717) is 5.78 Å². The Hall–Kier alpha value is -1.15. The van der Waals surface area contributed by atoms with Crippen molar-refractivity contribution in [2.24, 2.45) is 0 Å². The molecule has 0 aromatic heterocycles. The number of nitrogens with zero attached hydrogens (tertiary/aromatic N) is 1. The zero-order chi connectivity index (χ0) is 12.1. The molecule has 2 heteroatoms. The fourth-order valence-electron chi connectivity index (χ4n) is 2.33. The number of likely N-dealkylation sites (tertiary alicyclic amines) is 1. The van der Waals surface area contributed by atoms with Gasteiger partial charge in [-0.25, -0.2) is 0 Å². The van der Waals surface area contributed by atoms with Crippen LogP contribution in [0.15, 0.2) is 30.3 Å². The van der Waals surface area contributed by atoms with Crippen LogP contribution in [0.5, 0.6) is 0 Å². The number of benzene rings is 1. The van der Waals surface area contributed by atoms with Gasteiger partial charge in [0.15, 0.2) is 0 Å². The summed E-state index contributed by atoms with van der Waals surface area (Å²) in [5, 5.41) is 0. The lowest BCUT2D eigenvalue weighted by molar-refractivity contribution is -0.129. The van der Waals surface area contributed by atoms with Crippen LogP contribution in [0.2, 0.25) is 0 Å². The van der Waals surface area contributed by atoms with Gasteiger partial charge >= 0.3 is 0 Å². The molecule has 1 aromatic rings. The first-order valence-corrected chi connectivity index (χ1v) is 6.62. The van der Waals surface area contributed by atoms with Crippen LogP contribution in [0.25, 0.3) is 0 Å². The minimum absolute atomic E-state index is 0.196. The Bertz CT molecular complexity index is 360. The summed E-state index contributed by atoms with van der Waals surface area (Å²) in [6, 6.07) is 10.6. The lowest BCUT2D eigenvalue weighted by Gasteiger charge is -2.40. The third-order valence-corrected chi connectivity index (χ3v) is 3.51. The zero-order valence-corrected chi connectivity index (χ0v) is 10.6. The molecule has 0 saturated carbocycles. The number of hydrogen-bond donors (Lipinski definition) is 0. The molecule has 1 atom stereocenters. The van der Waals surface area contributed by atoms with E-state index in [9.17, 15) is 4.79 Å². The molecule has 2 rings (SSSR count). The number of hydrogen-bond acceptors (Lipinski definition) is 2. The Balaban J connectivity index is 1.84. The lowest BCUT2D eigenvalue weighted by Crippen LogP contribution is -2.51. The number of unbranched alkanes of at least 4 members (excludes halogenated alkanes) is 1. The van der Waals surface area contributed by atoms with E-state index in [2.05, 4.69) is 36.1 Å². The van der Waals surface area contributed by atoms with Gasteiger partial charge in [-0.05, 0) is 18.4 Å². The predicted molar refractivity (Wildman–Crippen MR) is 69.8 cm³/mol. The van der Waals surface area contributed by atoms with Crippen LogP contribution in [-0.4, -0.2) is 23.3 Å². The minimum atomic E-state index is 0.196. The minimum Gasteiger partial charge on any atom is -0.298 e. The molecular weight excluding hydrogens is 210 g/mol. The summed E-state index contributed by atoms with van der Waals surface area (Å²) >= 11 is 0. The van der Waals surface area contributed by atoms with E-state index in [-0.39, 0.29) is 6.04 Å². The molecule has 0 amide bonds. The van der Waals surface area contributed by atoms with Gasteiger partial charge in [-0.3, -0.25) is 9.69 Å². The summed E-state index contributed by atoms with van der Waals surface area (Å²) in [5.74, 6) is 0.439. The Morgan fingerprint density at radius 3 is 2.71 bits per heavy atom. The van der Waals surface area contributed by atoms with Gasteiger partial charge in [-0.2, -0.15) is 0 Å². The topological polar surface area (TPSA) is 20.3 Å². The summed E-state index contributed by atoms with van der Waals surface area (Å²) in [6.45, 7) is 4.12. The highest BCUT2D eigenvalue weighted by Gasteiger charge is 2.32. The molecule has 2 nitrogen and oxygen atoms in total. The maximum Gasteiger partial charge on any atom is 0.150 e. The maximum atomic E-state index is 11.9. The van der Waals surface area contributed by atoms with E-state index in [4.69, 9.17) is 0 Å². The van der Waals surface area contributed by atoms with Crippen molar-refractivity contribution < 1.29 is 4.79 Å². The summed E-state index contributed by atoms with van der Waals surface area (Å²) in [4.78, 5) is 14.2. The molecule has 0 N–H and O–H groups in total. The summed E-state index contributed by atoms with van der Waals surface area (Å²) < 4.78 is 0. The largest absolute Gasteiger partial charge is 0.298 e. The monoisotopic (exact) mass is 231 g/mol. The molecule has 0 bridgehead atoms. The van der Waals surface area contributed by atoms with Crippen molar-refractivity contribution in [3.05, 3.63) is 35.9 Å². The second kappa shape index (κ2) is 5.97. The van der Waals surface area contributed by atoms with Crippen molar-refractivity contribution in [2.75, 3.05) is 6.54 Å². The molecule has 0 radical (unpaired) electrons. The van der Waals surface area contributed by atoms with Crippen LogP contribution in [0.1, 0.15) is 38.2 Å². The van der Waals surface area contributed by atoms with Crippen LogP contribution in [0.3, 0.4) is 0 Å². The van der Waals surface area contributed by atoms with E-state index in [1.807, 2.05) is 6.07 Å². The molecule has 92 valence electrons. The van der Waals surface area contributed by atoms with Crippen molar-refractivity contribution in [3.63, 3.8) is 0 Å². The van der Waals surface area contributed by atoms with Gasteiger partial charge in [0.1, 0.15) is 5.78 Å². The third-order valence-electron chi connectivity index (χ3n) is 3.51. The van der Waals surface area contributed by atoms with Gasteiger partial charge in [0.2, 0.25) is 0 Å². The standard InChI is InChI=1S/C15H21NO/c1-2-3-9-15(17)14-10-11-16(14)12-13-7-5-4-6-8-13/h4-8,14H,2-3,9-12H2,1H3. The predicted octanol–water partition coefficient (Wildman–Crippen LogP) is 3.02. The maximum absolute atomic E-state index is 11.9. The van der Waals surface area contributed by atoms with Gasteiger partial charge in [-0.1, -0.05) is 43.7 Å². The van der Waals surface area contributed by atoms with Crippen LogP contribution >= 0.6 is 0 Å². The van der Waals surface area contributed by atoms with E-state index in [1.54, 1.807) is 0 Å². The number of ketones is 1. The first-order chi connectivity index (χ1) is 8.31. The number of carbonyl (C=O) groups excluding carboxylic acids is 1. The fourth-order valence-corrected chi connectivity index (χ4v) is 2.33. The van der Waals surface area contributed by atoms with Crippen molar-refractivity contribution in [2.45, 2.75) is 45.2 Å². The van der Waals surface area contributed by atoms with Crippen molar-refractivity contribution in [1.29, 1.82) is 0 Å². The van der Waals surface area contributed by atoms with Crippen LogP contribution in [-0.2, 0) is 11.3 Å². The van der Waals surface area contributed by atoms with Crippen molar-refractivity contribution in [1.82, 2.24) is 4.90 Å². The van der Waals surface area contributed by atoms with Crippen molar-refractivity contribution in [3.8, 4) is 0 Å². The van der Waals surface area contributed by atoms with Gasteiger partial charge < -0.3 is 0 Å². The molecule has 1 aliphatic rings. The van der Waals surface area contributed by atoms with Gasteiger partial charge in [0, 0.05) is 19.5 Å². The highest BCUT2D eigenvalue weighted by molar-refractivity contribution is 5.84. The third kappa shape index (κ3) is 3.16. The molecule has 1 aromatic carbocycles. The summed E-state index contributed by atoms with van der Waals surface area (Å²) in [6.07, 6.45) is 3.95. The smallest absolute Gasteiger partial charge is 0.150 e. The number of rotatable bonds is 6. The molecule has 1 unspecified atom stereocenters. The van der Waals surface area contributed by atoms with E-state index < -0.39 is 0 Å². The summed E-state index contributed by atoms with van der Waals surface area (Å²) in [5.41, 5.74) is 1.31. The number of Topliss-reactive ketones (excluding diaryl/α,β-unsaturated/α-hetero) is 1. The van der Waals surface area contributed by atoms with Crippen LogP contribution in [0.4, 0.5) is 0 Å². The average molecular weight is 231 g/mol. The van der Waals surface area contributed by atoms with Gasteiger partial charge in [-0.15, -0.1) is 0 Å². The Labute approximate surface area is 104 Å². The van der Waals surface area contributed by atoms with E-state index in [1.165, 1.54) is 5.56 Å². The van der Waals surface area contributed by atoms with Gasteiger partial charge in [0.25, 0.3) is 0 Å². The second-order valence-corrected chi connectivity index (χ2v) is 4.83. The van der Waals surface area contributed by atoms with Crippen LogP contribution < -0.4 is 0 Å². The molecule has 17 heavy (non-hydrogen) atoms. The zero-order valence-electron chi connectivity index (χ0n) is 10.6. The molecule has 1 heterocycles. The quantitative estimate of drug-likeness (QED) is 0.750. The van der Waals surface area contributed by atoms with E-state index in [0.717, 1.165) is 38.8 Å². The Morgan fingerprint density at radius 2 is 2.12 bits per heavy atom. The summed E-state index contributed by atoms with van der Waals surface area (Å²) in [7, 11) is 0. The normalized spacial score (nSPS) is 19.9. The second-order valence-electron chi connectivity index (χ2n) is 4.83. The lowest BCUT2D eigenvalue weighted by atomic mass is 9.94.